The summed E-state index contributed by atoms with van der Waals surface area (Å²) >= 11 is 3.40. The second kappa shape index (κ2) is 7.66. The molecular weight excluding hydrogens is 338 g/mol. The van der Waals surface area contributed by atoms with Crippen molar-refractivity contribution in [3.8, 4) is 11.5 Å². The van der Waals surface area contributed by atoms with Crippen molar-refractivity contribution in [1.82, 2.24) is 5.32 Å². The number of hydrogen-bond acceptors (Lipinski definition) is 4. The predicted octanol–water partition coefficient (Wildman–Crippen LogP) is 3.20. The standard InChI is InChI=1S/C15H22BrNO4/c1-5-15(6-2,14(18)19)17-9-10-7-13(21-4)11(16)8-12(10)20-3/h7-8,17H,5-6,9H2,1-4H3,(H,18,19). The lowest BCUT2D eigenvalue weighted by Gasteiger charge is -2.28. The van der Waals surface area contributed by atoms with Crippen LogP contribution in [0.1, 0.15) is 32.3 Å². The highest BCUT2D eigenvalue weighted by molar-refractivity contribution is 9.10. The molecule has 1 rings (SSSR count). The summed E-state index contributed by atoms with van der Waals surface area (Å²) in [5.74, 6) is 0.527. The van der Waals surface area contributed by atoms with E-state index in [9.17, 15) is 9.90 Å². The lowest BCUT2D eigenvalue weighted by atomic mass is 9.92. The van der Waals surface area contributed by atoms with E-state index in [4.69, 9.17) is 9.47 Å². The van der Waals surface area contributed by atoms with E-state index in [1.165, 1.54) is 0 Å². The second-order valence-electron chi connectivity index (χ2n) is 4.75. The zero-order valence-electron chi connectivity index (χ0n) is 12.8. The van der Waals surface area contributed by atoms with Gasteiger partial charge in [-0.2, -0.15) is 0 Å². The van der Waals surface area contributed by atoms with Gasteiger partial charge in [0.25, 0.3) is 0 Å². The van der Waals surface area contributed by atoms with Gasteiger partial charge in [-0.15, -0.1) is 0 Å². The van der Waals surface area contributed by atoms with E-state index in [1.807, 2.05) is 26.0 Å². The SMILES string of the molecule is CCC(CC)(NCc1cc(OC)c(Br)cc1OC)C(=O)O. The fourth-order valence-corrected chi connectivity index (χ4v) is 2.69. The Labute approximate surface area is 133 Å². The molecule has 0 atom stereocenters. The van der Waals surface area contributed by atoms with Crippen molar-refractivity contribution >= 4 is 21.9 Å². The Bertz CT molecular complexity index is 501. The van der Waals surface area contributed by atoms with Crippen LogP contribution in [0.3, 0.4) is 0 Å². The maximum atomic E-state index is 11.5. The van der Waals surface area contributed by atoms with Gasteiger partial charge in [-0.1, -0.05) is 13.8 Å². The number of methoxy groups -OCH3 is 2. The number of rotatable bonds is 8. The van der Waals surface area contributed by atoms with Crippen LogP contribution in [-0.2, 0) is 11.3 Å². The third-order valence-electron chi connectivity index (χ3n) is 3.79. The number of aliphatic carboxylic acids is 1. The number of hydrogen-bond donors (Lipinski definition) is 2. The van der Waals surface area contributed by atoms with Gasteiger partial charge in [0.1, 0.15) is 17.0 Å². The van der Waals surface area contributed by atoms with Gasteiger partial charge in [0, 0.05) is 12.1 Å². The quantitative estimate of drug-likeness (QED) is 0.745. The van der Waals surface area contributed by atoms with Crippen LogP contribution in [-0.4, -0.2) is 30.8 Å². The molecule has 0 aliphatic rings. The molecule has 0 spiro atoms. The maximum Gasteiger partial charge on any atom is 0.323 e. The summed E-state index contributed by atoms with van der Waals surface area (Å²) in [5.41, 5.74) is -0.0734. The van der Waals surface area contributed by atoms with Crippen molar-refractivity contribution in [1.29, 1.82) is 0 Å². The highest BCUT2D eigenvalue weighted by Gasteiger charge is 2.34. The fourth-order valence-electron chi connectivity index (χ4n) is 2.20. The molecule has 6 heteroatoms. The fraction of sp³-hybridized carbons (Fsp3) is 0.533. The number of carboxylic acids is 1. The minimum absolute atomic E-state index is 0.390. The van der Waals surface area contributed by atoms with Gasteiger partial charge >= 0.3 is 5.97 Å². The first kappa shape index (κ1) is 17.8. The molecule has 0 unspecified atom stereocenters. The summed E-state index contributed by atoms with van der Waals surface area (Å²) in [6.45, 7) is 4.12. The van der Waals surface area contributed by atoms with E-state index >= 15 is 0 Å². The zero-order valence-corrected chi connectivity index (χ0v) is 14.4. The zero-order chi connectivity index (χ0) is 16.0. The van der Waals surface area contributed by atoms with Crippen molar-refractivity contribution in [2.45, 2.75) is 38.8 Å². The number of nitrogens with one attached hydrogen (secondary N) is 1. The van der Waals surface area contributed by atoms with Crippen LogP contribution in [0.25, 0.3) is 0 Å². The number of carboxylic acid groups (broad SMARTS) is 1. The van der Waals surface area contributed by atoms with Crippen molar-refractivity contribution < 1.29 is 19.4 Å². The molecule has 0 bridgehead atoms. The van der Waals surface area contributed by atoms with E-state index in [1.54, 1.807) is 14.2 Å². The number of carbonyl (C=O) groups is 1. The molecule has 21 heavy (non-hydrogen) atoms. The van der Waals surface area contributed by atoms with Gasteiger partial charge in [-0.25, -0.2) is 0 Å². The van der Waals surface area contributed by atoms with Crippen molar-refractivity contribution in [2.24, 2.45) is 0 Å². The molecule has 5 nitrogen and oxygen atoms in total. The third kappa shape index (κ3) is 3.89. The lowest BCUT2D eigenvalue weighted by Crippen LogP contribution is -2.50. The number of ether oxygens (including phenoxy) is 2. The molecule has 1 aromatic carbocycles. The van der Waals surface area contributed by atoms with Crippen molar-refractivity contribution in [2.75, 3.05) is 14.2 Å². The van der Waals surface area contributed by atoms with Gasteiger partial charge < -0.3 is 14.6 Å². The average Bonchev–Trinajstić information content (AvgIpc) is 2.49. The molecule has 0 heterocycles. The molecule has 0 aliphatic carbocycles. The molecular formula is C15H22BrNO4. The first-order valence-electron chi connectivity index (χ1n) is 6.82. The van der Waals surface area contributed by atoms with Crippen molar-refractivity contribution in [3.63, 3.8) is 0 Å². The van der Waals surface area contributed by atoms with E-state index in [-0.39, 0.29) is 0 Å². The average molecular weight is 360 g/mol. The second-order valence-corrected chi connectivity index (χ2v) is 5.60. The van der Waals surface area contributed by atoms with Crippen LogP contribution >= 0.6 is 15.9 Å². The number of benzene rings is 1. The minimum atomic E-state index is -0.925. The normalized spacial score (nSPS) is 11.3. The van der Waals surface area contributed by atoms with Crippen LogP contribution < -0.4 is 14.8 Å². The van der Waals surface area contributed by atoms with Gasteiger partial charge in [0.05, 0.1) is 18.7 Å². The topological polar surface area (TPSA) is 67.8 Å². The summed E-state index contributed by atoms with van der Waals surface area (Å²) in [7, 11) is 3.17. The summed E-state index contributed by atoms with van der Waals surface area (Å²) in [6, 6.07) is 3.66. The largest absolute Gasteiger partial charge is 0.496 e. The maximum absolute atomic E-state index is 11.5. The van der Waals surface area contributed by atoms with Crippen molar-refractivity contribution in [3.05, 3.63) is 22.2 Å². The smallest absolute Gasteiger partial charge is 0.323 e. The predicted molar refractivity (Wildman–Crippen MR) is 85.0 cm³/mol. The van der Waals surface area contributed by atoms with Crippen LogP contribution in [0, 0.1) is 0 Å². The lowest BCUT2D eigenvalue weighted by molar-refractivity contribution is -0.145. The van der Waals surface area contributed by atoms with E-state index in [0.29, 0.717) is 30.9 Å². The van der Waals surface area contributed by atoms with Gasteiger partial charge in [-0.3, -0.25) is 10.1 Å². The monoisotopic (exact) mass is 359 g/mol. The number of halogens is 1. The third-order valence-corrected chi connectivity index (χ3v) is 4.41. The molecule has 0 saturated carbocycles. The molecule has 1 aromatic rings. The van der Waals surface area contributed by atoms with Crippen LogP contribution in [0.15, 0.2) is 16.6 Å². The Morgan fingerprint density at radius 2 is 1.81 bits per heavy atom. The molecule has 2 N–H and O–H groups in total. The van der Waals surface area contributed by atoms with Gasteiger partial charge in [0.2, 0.25) is 0 Å². The molecule has 0 radical (unpaired) electrons. The molecule has 0 aromatic heterocycles. The van der Waals surface area contributed by atoms with E-state index in [0.717, 1.165) is 10.0 Å². The Morgan fingerprint density at radius 3 is 2.24 bits per heavy atom. The van der Waals surface area contributed by atoms with E-state index in [2.05, 4.69) is 21.2 Å². The summed E-state index contributed by atoms with van der Waals surface area (Å²) in [4.78, 5) is 11.5. The Balaban J connectivity index is 3.04. The van der Waals surface area contributed by atoms with Crippen LogP contribution in [0.2, 0.25) is 0 Å². The van der Waals surface area contributed by atoms with Gasteiger partial charge in [0.15, 0.2) is 0 Å². The Hall–Kier alpha value is -1.27. The minimum Gasteiger partial charge on any atom is -0.496 e. The molecule has 118 valence electrons. The highest BCUT2D eigenvalue weighted by atomic mass is 79.9. The van der Waals surface area contributed by atoms with Crippen LogP contribution in [0.4, 0.5) is 0 Å². The van der Waals surface area contributed by atoms with E-state index < -0.39 is 11.5 Å². The molecule has 0 saturated heterocycles. The summed E-state index contributed by atoms with van der Waals surface area (Å²) in [5, 5.41) is 12.6. The first-order valence-corrected chi connectivity index (χ1v) is 7.62. The van der Waals surface area contributed by atoms with Crippen LogP contribution in [0.5, 0.6) is 11.5 Å². The Morgan fingerprint density at radius 1 is 1.24 bits per heavy atom. The highest BCUT2D eigenvalue weighted by Crippen LogP contribution is 2.33. The Kier molecular flexibility index (Phi) is 6.48. The summed E-state index contributed by atoms with van der Waals surface area (Å²) < 4.78 is 11.4. The van der Waals surface area contributed by atoms with Gasteiger partial charge in [-0.05, 0) is 40.9 Å². The molecule has 0 amide bonds. The molecule has 0 fully saturated rings. The first-order chi connectivity index (χ1) is 9.93. The molecule has 0 aliphatic heterocycles. The summed E-state index contributed by atoms with van der Waals surface area (Å²) in [6.07, 6.45) is 1.02.